The van der Waals surface area contributed by atoms with E-state index in [-0.39, 0.29) is 11.3 Å². The van der Waals surface area contributed by atoms with E-state index in [4.69, 9.17) is 9.47 Å². The van der Waals surface area contributed by atoms with Gasteiger partial charge in [-0.3, -0.25) is 14.9 Å². The molecule has 1 N–H and O–H groups in total. The van der Waals surface area contributed by atoms with E-state index in [0.717, 1.165) is 17.7 Å². The van der Waals surface area contributed by atoms with Crippen molar-refractivity contribution in [3.63, 3.8) is 0 Å². The third-order valence-corrected chi connectivity index (χ3v) is 4.06. The highest BCUT2D eigenvalue weighted by Crippen LogP contribution is 2.29. The number of benzene rings is 3. The van der Waals surface area contributed by atoms with Crippen molar-refractivity contribution in [2.75, 3.05) is 12.4 Å². The number of nitrogens with zero attached hydrogens (tertiary/aromatic N) is 1. The highest BCUT2D eigenvalue weighted by Gasteiger charge is 2.17. The predicted octanol–water partition coefficient (Wildman–Crippen LogP) is 4.57. The van der Waals surface area contributed by atoms with E-state index in [0.29, 0.717) is 18.1 Å². The Balaban J connectivity index is 1.74. The average molecular weight is 396 g/mol. The SMILES string of the molecule is COc1cc(C(=O)Nc2ccc(F)c([N+](=O)[O-])c2)ccc1OCc1ccccc1. The third kappa shape index (κ3) is 4.86. The van der Waals surface area contributed by atoms with Gasteiger partial charge in [0.05, 0.1) is 12.0 Å². The van der Waals surface area contributed by atoms with Crippen molar-refractivity contribution in [2.45, 2.75) is 6.61 Å². The van der Waals surface area contributed by atoms with Crippen molar-refractivity contribution >= 4 is 17.3 Å². The highest BCUT2D eigenvalue weighted by atomic mass is 19.1. The number of methoxy groups -OCH3 is 1. The number of nitro groups is 1. The van der Waals surface area contributed by atoms with Crippen molar-refractivity contribution < 1.29 is 23.6 Å². The van der Waals surface area contributed by atoms with Crippen molar-refractivity contribution in [3.8, 4) is 11.5 Å². The van der Waals surface area contributed by atoms with Crippen LogP contribution in [0.25, 0.3) is 0 Å². The highest BCUT2D eigenvalue weighted by molar-refractivity contribution is 6.04. The van der Waals surface area contributed by atoms with Crippen LogP contribution in [0, 0.1) is 15.9 Å². The summed E-state index contributed by atoms with van der Waals surface area (Å²) < 4.78 is 24.5. The number of hydrogen-bond acceptors (Lipinski definition) is 5. The Bertz CT molecular complexity index is 1040. The molecule has 0 saturated heterocycles. The van der Waals surface area contributed by atoms with Gasteiger partial charge in [0, 0.05) is 17.3 Å². The number of rotatable bonds is 7. The lowest BCUT2D eigenvalue weighted by Crippen LogP contribution is -2.12. The van der Waals surface area contributed by atoms with Gasteiger partial charge in [0.1, 0.15) is 6.61 Å². The van der Waals surface area contributed by atoms with Gasteiger partial charge in [-0.05, 0) is 35.9 Å². The molecule has 0 aromatic heterocycles. The summed E-state index contributed by atoms with van der Waals surface area (Å²) in [6, 6.07) is 17.3. The molecule has 3 aromatic rings. The van der Waals surface area contributed by atoms with Crippen LogP contribution in [0.1, 0.15) is 15.9 Å². The Morgan fingerprint density at radius 1 is 1.07 bits per heavy atom. The first-order chi connectivity index (χ1) is 14.0. The second kappa shape index (κ2) is 8.83. The molecular weight excluding hydrogens is 379 g/mol. The van der Waals surface area contributed by atoms with E-state index in [1.54, 1.807) is 6.07 Å². The predicted molar refractivity (Wildman–Crippen MR) is 105 cm³/mol. The van der Waals surface area contributed by atoms with Gasteiger partial charge < -0.3 is 14.8 Å². The number of nitrogens with one attached hydrogen (secondary N) is 1. The first-order valence-corrected chi connectivity index (χ1v) is 8.58. The number of carbonyl (C=O) groups is 1. The van der Waals surface area contributed by atoms with Crippen LogP contribution in [0.4, 0.5) is 15.8 Å². The lowest BCUT2D eigenvalue weighted by Gasteiger charge is -2.12. The zero-order valence-electron chi connectivity index (χ0n) is 15.4. The fraction of sp³-hybridized carbons (Fsp3) is 0.0952. The molecule has 3 rings (SSSR count). The van der Waals surface area contributed by atoms with E-state index in [1.165, 1.54) is 25.3 Å². The molecule has 0 spiro atoms. The van der Waals surface area contributed by atoms with Crippen LogP contribution in [-0.2, 0) is 6.61 Å². The van der Waals surface area contributed by atoms with Gasteiger partial charge in [-0.2, -0.15) is 4.39 Å². The lowest BCUT2D eigenvalue weighted by atomic mass is 10.1. The molecule has 0 bridgehead atoms. The van der Waals surface area contributed by atoms with Crippen molar-refractivity contribution in [1.29, 1.82) is 0 Å². The molecule has 8 heteroatoms. The van der Waals surface area contributed by atoms with Gasteiger partial charge in [0.25, 0.3) is 5.91 Å². The van der Waals surface area contributed by atoms with Crippen molar-refractivity contribution in [3.05, 3.63) is 93.8 Å². The smallest absolute Gasteiger partial charge is 0.306 e. The standard InChI is InChI=1S/C21H17FN2O5/c1-28-20-11-15(7-10-19(20)29-13-14-5-3-2-4-6-14)21(25)23-16-8-9-17(22)18(12-16)24(26)27/h2-12H,13H2,1H3,(H,23,25). The van der Waals surface area contributed by atoms with E-state index >= 15 is 0 Å². The zero-order valence-corrected chi connectivity index (χ0v) is 15.4. The molecule has 0 fully saturated rings. The minimum absolute atomic E-state index is 0.103. The van der Waals surface area contributed by atoms with Crippen LogP contribution in [0.5, 0.6) is 11.5 Å². The minimum atomic E-state index is -0.977. The second-order valence-corrected chi connectivity index (χ2v) is 6.02. The number of anilines is 1. The van der Waals surface area contributed by atoms with Gasteiger partial charge in [-0.15, -0.1) is 0 Å². The summed E-state index contributed by atoms with van der Waals surface area (Å²) in [4.78, 5) is 22.5. The van der Waals surface area contributed by atoms with Crippen molar-refractivity contribution in [2.24, 2.45) is 0 Å². The summed E-state index contributed by atoms with van der Waals surface area (Å²) in [5.74, 6) is -0.683. The maximum atomic E-state index is 13.4. The third-order valence-electron chi connectivity index (χ3n) is 4.06. The molecule has 0 radical (unpaired) electrons. The molecule has 7 nitrogen and oxygen atoms in total. The summed E-state index contributed by atoms with van der Waals surface area (Å²) >= 11 is 0. The topological polar surface area (TPSA) is 90.7 Å². The van der Waals surface area contributed by atoms with Crippen molar-refractivity contribution in [1.82, 2.24) is 0 Å². The Morgan fingerprint density at radius 3 is 2.52 bits per heavy atom. The number of ether oxygens (including phenoxy) is 2. The Labute approximate surface area is 165 Å². The van der Waals surface area contributed by atoms with E-state index in [1.807, 2.05) is 30.3 Å². The van der Waals surface area contributed by atoms with Gasteiger partial charge in [-0.1, -0.05) is 30.3 Å². The Morgan fingerprint density at radius 2 is 1.83 bits per heavy atom. The average Bonchev–Trinajstić information content (AvgIpc) is 2.74. The fourth-order valence-electron chi connectivity index (χ4n) is 2.60. The van der Waals surface area contributed by atoms with Gasteiger partial charge in [-0.25, -0.2) is 0 Å². The Kier molecular flexibility index (Phi) is 6.03. The molecule has 0 aliphatic carbocycles. The van der Waals surface area contributed by atoms with E-state index in [9.17, 15) is 19.3 Å². The van der Waals surface area contributed by atoms with Crippen LogP contribution in [-0.4, -0.2) is 17.9 Å². The van der Waals surface area contributed by atoms with E-state index in [2.05, 4.69) is 5.32 Å². The zero-order chi connectivity index (χ0) is 20.8. The van der Waals surface area contributed by atoms with E-state index < -0.39 is 22.3 Å². The molecule has 1 amide bonds. The number of carbonyl (C=O) groups excluding carboxylic acids is 1. The molecule has 148 valence electrons. The number of hydrogen-bond donors (Lipinski definition) is 1. The van der Waals surface area contributed by atoms with Crippen LogP contribution in [0.15, 0.2) is 66.7 Å². The number of amides is 1. The molecule has 29 heavy (non-hydrogen) atoms. The minimum Gasteiger partial charge on any atom is -0.493 e. The molecule has 0 saturated carbocycles. The molecule has 3 aromatic carbocycles. The normalized spacial score (nSPS) is 10.3. The van der Waals surface area contributed by atoms with Gasteiger partial charge >= 0.3 is 5.69 Å². The summed E-state index contributed by atoms with van der Waals surface area (Å²) in [7, 11) is 1.45. The number of nitro benzene ring substituents is 1. The second-order valence-electron chi connectivity index (χ2n) is 6.02. The first-order valence-electron chi connectivity index (χ1n) is 8.58. The maximum Gasteiger partial charge on any atom is 0.306 e. The molecule has 0 aliphatic rings. The van der Waals surface area contributed by atoms with Crippen LogP contribution in [0.2, 0.25) is 0 Å². The molecule has 0 heterocycles. The van der Waals surface area contributed by atoms with Crippen LogP contribution in [0.3, 0.4) is 0 Å². The monoisotopic (exact) mass is 396 g/mol. The number of halogens is 1. The molecule has 0 aliphatic heterocycles. The lowest BCUT2D eigenvalue weighted by molar-refractivity contribution is -0.387. The summed E-state index contributed by atoms with van der Waals surface area (Å²) in [6.07, 6.45) is 0. The first kappa shape index (κ1) is 19.8. The summed E-state index contributed by atoms with van der Waals surface area (Å²) in [5.41, 5.74) is 0.617. The van der Waals surface area contributed by atoms with Crippen LogP contribution >= 0.6 is 0 Å². The summed E-state index contributed by atoms with van der Waals surface area (Å²) in [6.45, 7) is 0.335. The van der Waals surface area contributed by atoms with Crippen LogP contribution < -0.4 is 14.8 Å². The molecule has 0 atom stereocenters. The summed E-state index contributed by atoms with van der Waals surface area (Å²) in [5, 5.41) is 13.3. The van der Waals surface area contributed by atoms with Gasteiger partial charge in [0.15, 0.2) is 11.5 Å². The quantitative estimate of drug-likeness (QED) is 0.466. The Hall–Kier alpha value is -3.94. The maximum absolute atomic E-state index is 13.4. The largest absolute Gasteiger partial charge is 0.493 e. The molecule has 0 unspecified atom stereocenters. The fourth-order valence-corrected chi connectivity index (χ4v) is 2.60. The van der Waals surface area contributed by atoms with Gasteiger partial charge in [0.2, 0.25) is 5.82 Å². The molecular formula is C21H17FN2O5.